The molecule has 0 aromatic carbocycles. The first-order valence-corrected chi connectivity index (χ1v) is 13.9. The average Bonchev–Trinajstić information content (AvgIpc) is 3.08. The number of aliphatic carboxylic acids is 1. The number of Topliss-reactive ketones (excluding diaryl/α,β-unsaturated/α-hetero) is 1. The van der Waals surface area contributed by atoms with Crippen molar-refractivity contribution in [2.24, 2.45) is 56.7 Å². The van der Waals surface area contributed by atoms with Crippen LogP contribution in [0.5, 0.6) is 0 Å². The molecule has 3 N–H and O–H groups in total. The lowest BCUT2D eigenvalue weighted by Gasteiger charge is -2.73. The number of ketones is 1. The smallest absolute Gasteiger partial charge is 0.312 e. The average molecular weight is 487 g/mol. The molecular weight excluding hydrogens is 440 g/mol. The maximum atomic E-state index is 12.9. The first kappa shape index (κ1) is 25.4. The lowest BCUT2D eigenvalue weighted by Crippen LogP contribution is -2.71. The summed E-state index contributed by atoms with van der Waals surface area (Å²) in [7, 11) is 0. The van der Waals surface area contributed by atoms with Crippen LogP contribution in [0.1, 0.15) is 92.9 Å². The molecule has 5 fully saturated rings. The molecule has 0 saturated heterocycles. The van der Waals surface area contributed by atoms with Crippen molar-refractivity contribution in [3.63, 3.8) is 0 Å². The minimum absolute atomic E-state index is 0.0128. The Kier molecular flexibility index (Phi) is 5.40. The van der Waals surface area contributed by atoms with E-state index in [-0.39, 0.29) is 45.8 Å². The van der Waals surface area contributed by atoms with E-state index in [0.717, 1.165) is 24.8 Å². The van der Waals surface area contributed by atoms with E-state index in [0.29, 0.717) is 37.9 Å². The molecule has 35 heavy (non-hydrogen) atoms. The Balaban J connectivity index is 1.62. The molecular formula is C30H46O5. The normalized spacial score (nSPS) is 54.7. The zero-order valence-electron chi connectivity index (χ0n) is 22.6. The fraction of sp³-hybridized carbons (Fsp3) is 0.867. The molecule has 5 aliphatic rings. The maximum absolute atomic E-state index is 12.9. The summed E-state index contributed by atoms with van der Waals surface area (Å²) >= 11 is 0. The Morgan fingerprint density at radius 2 is 1.60 bits per heavy atom. The van der Waals surface area contributed by atoms with E-state index in [1.165, 1.54) is 0 Å². The summed E-state index contributed by atoms with van der Waals surface area (Å²) in [6.07, 6.45) is 4.20. The molecule has 0 spiro atoms. The summed E-state index contributed by atoms with van der Waals surface area (Å²) in [5, 5.41) is 33.6. The van der Waals surface area contributed by atoms with Gasteiger partial charge in [0.2, 0.25) is 0 Å². The van der Waals surface area contributed by atoms with Crippen LogP contribution in [0, 0.1) is 56.7 Å². The minimum Gasteiger partial charge on any atom is -0.481 e. The molecule has 0 amide bonds. The largest absolute Gasteiger partial charge is 0.481 e. The monoisotopic (exact) mass is 486 g/mol. The number of hydrogen-bond donors (Lipinski definition) is 3. The van der Waals surface area contributed by atoms with Crippen molar-refractivity contribution in [2.75, 3.05) is 0 Å². The second-order valence-corrected chi connectivity index (χ2v) is 14.5. The Labute approximate surface area is 210 Å². The van der Waals surface area contributed by atoms with Crippen molar-refractivity contribution < 1.29 is 24.9 Å². The summed E-state index contributed by atoms with van der Waals surface area (Å²) < 4.78 is 0. The topological polar surface area (TPSA) is 94.8 Å². The standard InChI is InChI=1S/C30H46O5/c1-16(2)17-14-23(33)30(25(34)35)13-12-28(6)18(24(17)30)8-9-19-27(5)11-10-21(31)26(3,4)20(27)15-22(32)29(19,28)7/h17-20,22-24,32-33H,1,8-15H2,2-7H3,(H,34,35)/t17-,18+,19+,20-,22-,23+,24+,27+,28+,29-,30+/m0/s1. The predicted molar refractivity (Wildman–Crippen MR) is 134 cm³/mol. The number of fused-ring (bicyclic) bond motifs is 7. The fourth-order valence-corrected chi connectivity index (χ4v) is 11.3. The highest BCUT2D eigenvalue weighted by Crippen LogP contribution is 2.77. The van der Waals surface area contributed by atoms with Crippen LogP contribution < -0.4 is 0 Å². The van der Waals surface area contributed by atoms with Gasteiger partial charge in [0.25, 0.3) is 0 Å². The van der Waals surface area contributed by atoms with Crippen LogP contribution in [0.4, 0.5) is 0 Å². The first-order valence-electron chi connectivity index (χ1n) is 13.9. The number of allylic oxidation sites excluding steroid dienone is 1. The lowest BCUT2D eigenvalue weighted by molar-refractivity contribution is -0.274. The first-order chi connectivity index (χ1) is 16.1. The van der Waals surface area contributed by atoms with Crippen LogP contribution in [0.3, 0.4) is 0 Å². The molecule has 11 atom stereocenters. The van der Waals surface area contributed by atoms with E-state index in [1.807, 2.05) is 6.92 Å². The Morgan fingerprint density at radius 1 is 0.943 bits per heavy atom. The van der Waals surface area contributed by atoms with Crippen LogP contribution in [-0.4, -0.2) is 39.3 Å². The van der Waals surface area contributed by atoms with Gasteiger partial charge in [-0.15, -0.1) is 0 Å². The quantitative estimate of drug-likeness (QED) is 0.464. The molecule has 0 aromatic rings. The molecule has 0 aliphatic heterocycles. The van der Waals surface area contributed by atoms with Gasteiger partial charge in [0, 0.05) is 17.3 Å². The third-order valence-electron chi connectivity index (χ3n) is 13.4. The Bertz CT molecular complexity index is 970. The van der Waals surface area contributed by atoms with Gasteiger partial charge >= 0.3 is 5.97 Å². The van der Waals surface area contributed by atoms with Gasteiger partial charge in [-0.05, 0) is 92.3 Å². The molecule has 5 heteroatoms. The van der Waals surface area contributed by atoms with E-state index < -0.39 is 29.0 Å². The number of rotatable bonds is 2. The molecule has 5 rings (SSSR count). The van der Waals surface area contributed by atoms with Gasteiger partial charge in [-0.2, -0.15) is 0 Å². The third kappa shape index (κ3) is 2.78. The van der Waals surface area contributed by atoms with Crippen molar-refractivity contribution in [1.82, 2.24) is 0 Å². The van der Waals surface area contributed by atoms with E-state index in [1.54, 1.807) is 0 Å². The minimum atomic E-state index is -1.12. The van der Waals surface area contributed by atoms with E-state index in [4.69, 9.17) is 0 Å². The van der Waals surface area contributed by atoms with Crippen molar-refractivity contribution in [2.45, 2.75) is 105 Å². The number of carboxylic acid groups (broad SMARTS) is 1. The van der Waals surface area contributed by atoms with E-state index in [9.17, 15) is 24.9 Å². The van der Waals surface area contributed by atoms with Gasteiger partial charge < -0.3 is 15.3 Å². The van der Waals surface area contributed by atoms with E-state index in [2.05, 4.69) is 41.2 Å². The van der Waals surface area contributed by atoms with Gasteiger partial charge in [0.1, 0.15) is 5.78 Å². The highest BCUT2D eigenvalue weighted by Gasteiger charge is 2.75. The van der Waals surface area contributed by atoms with Gasteiger partial charge in [-0.1, -0.05) is 46.8 Å². The molecule has 5 nitrogen and oxygen atoms in total. The van der Waals surface area contributed by atoms with Crippen LogP contribution >= 0.6 is 0 Å². The van der Waals surface area contributed by atoms with Gasteiger partial charge in [0.05, 0.1) is 17.6 Å². The summed E-state index contributed by atoms with van der Waals surface area (Å²) in [4.78, 5) is 25.7. The van der Waals surface area contributed by atoms with Crippen molar-refractivity contribution in [1.29, 1.82) is 0 Å². The lowest BCUT2D eigenvalue weighted by atomic mass is 9.31. The summed E-state index contributed by atoms with van der Waals surface area (Å²) in [5.74, 6) is -0.166. The summed E-state index contributed by atoms with van der Waals surface area (Å²) in [6, 6.07) is 0. The number of aliphatic hydroxyl groups is 2. The molecule has 0 unspecified atom stereocenters. The highest BCUT2D eigenvalue weighted by molar-refractivity contribution is 5.85. The Hall–Kier alpha value is -1.20. The number of carboxylic acids is 1. The second kappa shape index (κ2) is 7.43. The highest BCUT2D eigenvalue weighted by atomic mass is 16.4. The number of hydrogen-bond acceptors (Lipinski definition) is 4. The number of carbonyl (C=O) groups is 2. The fourth-order valence-electron chi connectivity index (χ4n) is 11.3. The zero-order chi connectivity index (χ0) is 25.9. The molecule has 196 valence electrons. The van der Waals surface area contributed by atoms with E-state index >= 15 is 0 Å². The number of aliphatic hydroxyl groups excluding tert-OH is 2. The van der Waals surface area contributed by atoms with Gasteiger partial charge in [0.15, 0.2) is 0 Å². The van der Waals surface area contributed by atoms with Crippen molar-refractivity contribution in [3.8, 4) is 0 Å². The van der Waals surface area contributed by atoms with Crippen LogP contribution in [0.2, 0.25) is 0 Å². The SMILES string of the molecule is C=C(C)[C@@H]1C[C@@H](O)[C@]2(C(=O)O)CC[C@]3(C)[C@H](CC[C@@H]4[C@@]5(C)CCC(=O)C(C)(C)[C@@H]5C[C@H](O)[C@]43C)[C@@H]12. The van der Waals surface area contributed by atoms with Crippen molar-refractivity contribution >= 4 is 11.8 Å². The molecule has 0 radical (unpaired) electrons. The number of carbonyl (C=O) groups excluding carboxylic acids is 1. The van der Waals surface area contributed by atoms with Crippen molar-refractivity contribution in [3.05, 3.63) is 12.2 Å². The van der Waals surface area contributed by atoms with Gasteiger partial charge in [-0.3, -0.25) is 9.59 Å². The molecule has 0 aromatic heterocycles. The molecule has 0 heterocycles. The predicted octanol–water partition coefficient (Wildman–Crippen LogP) is 5.24. The summed E-state index contributed by atoms with van der Waals surface area (Å²) in [5.41, 5.74) is -1.21. The van der Waals surface area contributed by atoms with Crippen LogP contribution in [-0.2, 0) is 9.59 Å². The maximum Gasteiger partial charge on any atom is 0.312 e. The Morgan fingerprint density at radius 3 is 2.20 bits per heavy atom. The molecule has 0 bridgehead atoms. The second-order valence-electron chi connectivity index (χ2n) is 14.5. The summed E-state index contributed by atoms with van der Waals surface area (Å²) in [6.45, 7) is 17.4. The van der Waals surface area contributed by atoms with Crippen LogP contribution in [0.25, 0.3) is 0 Å². The van der Waals surface area contributed by atoms with Gasteiger partial charge in [-0.25, -0.2) is 0 Å². The molecule has 5 aliphatic carbocycles. The molecule has 5 saturated carbocycles. The third-order valence-corrected chi connectivity index (χ3v) is 13.4. The zero-order valence-corrected chi connectivity index (χ0v) is 22.6. The van der Waals surface area contributed by atoms with Crippen LogP contribution in [0.15, 0.2) is 12.2 Å².